The number of aromatic nitrogens is 1. The number of hydrogen-bond acceptors (Lipinski definition) is 3. The molecule has 0 atom stereocenters. The lowest BCUT2D eigenvalue weighted by Gasteiger charge is -2.11. The van der Waals surface area contributed by atoms with Gasteiger partial charge in [0.05, 0.1) is 5.52 Å². The number of aromatic amines is 1. The molecule has 0 bridgehead atoms. The van der Waals surface area contributed by atoms with Crippen LogP contribution >= 0.6 is 11.6 Å². The number of carbonyl (C=O) groups excluding carboxylic acids is 1. The number of esters is 1. The highest BCUT2D eigenvalue weighted by Crippen LogP contribution is 2.34. The van der Waals surface area contributed by atoms with Crippen molar-refractivity contribution >= 4 is 28.5 Å². The maximum Gasteiger partial charge on any atom is 0.311 e. The Labute approximate surface area is 168 Å². The van der Waals surface area contributed by atoms with Crippen molar-refractivity contribution in [3.05, 3.63) is 28.9 Å². The Morgan fingerprint density at radius 1 is 1.11 bits per heavy atom. The summed E-state index contributed by atoms with van der Waals surface area (Å²) in [4.78, 5) is 17.6. The summed E-state index contributed by atoms with van der Waals surface area (Å²) in [7, 11) is 4.07. The van der Waals surface area contributed by atoms with E-state index in [1.165, 1.54) is 32.1 Å². The molecule has 1 aromatic carbocycles. The third-order valence-corrected chi connectivity index (χ3v) is 5.18. The molecule has 1 N–H and O–H groups in total. The van der Waals surface area contributed by atoms with Gasteiger partial charge in [0.1, 0.15) is 10.9 Å². The zero-order chi connectivity index (χ0) is 19.6. The molecule has 0 aliphatic carbocycles. The maximum atomic E-state index is 12.3. The van der Waals surface area contributed by atoms with Gasteiger partial charge in [-0.1, -0.05) is 63.1 Å². The van der Waals surface area contributed by atoms with E-state index in [0.29, 0.717) is 17.3 Å². The van der Waals surface area contributed by atoms with Crippen molar-refractivity contribution in [2.75, 3.05) is 20.6 Å². The highest BCUT2D eigenvalue weighted by molar-refractivity contribution is 6.32. The fourth-order valence-corrected chi connectivity index (χ4v) is 3.60. The number of halogens is 1. The summed E-state index contributed by atoms with van der Waals surface area (Å²) in [5, 5.41) is 1.56. The largest absolute Gasteiger partial charge is 0.426 e. The number of likely N-dealkylation sites (N-methyl/N-ethyl adjacent to an activating group) is 1. The highest BCUT2D eigenvalue weighted by atomic mass is 35.5. The van der Waals surface area contributed by atoms with Gasteiger partial charge in [0.15, 0.2) is 0 Å². The lowest BCUT2D eigenvalue weighted by Crippen LogP contribution is -2.15. The number of H-pyrrole nitrogens is 1. The standard InChI is InChI=1S/C22H33ClN2O2/c1-4-5-6-7-8-9-10-14-20(26)27-19-13-11-12-18-21(19)17(22(23)24-18)15-16-25(2)3/h11-13,24H,4-10,14-16H2,1-3H3. The summed E-state index contributed by atoms with van der Waals surface area (Å²) in [6, 6.07) is 5.71. The molecule has 2 aromatic rings. The van der Waals surface area contributed by atoms with Crippen molar-refractivity contribution in [3.8, 4) is 5.75 Å². The molecule has 1 aromatic heterocycles. The number of unbranched alkanes of at least 4 members (excludes halogenated alkanes) is 6. The first kappa shape index (κ1) is 21.8. The van der Waals surface area contributed by atoms with Crippen LogP contribution in [0.15, 0.2) is 18.2 Å². The minimum absolute atomic E-state index is 0.160. The van der Waals surface area contributed by atoms with Crippen molar-refractivity contribution < 1.29 is 9.53 Å². The first-order chi connectivity index (χ1) is 13.0. The van der Waals surface area contributed by atoms with Gasteiger partial charge in [0, 0.05) is 23.9 Å². The molecule has 0 unspecified atom stereocenters. The Kier molecular flexibility index (Phi) is 9.16. The summed E-state index contributed by atoms with van der Waals surface area (Å²) in [6.07, 6.45) is 9.58. The number of nitrogens with one attached hydrogen (secondary N) is 1. The molecule has 0 aliphatic heterocycles. The predicted molar refractivity (Wildman–Crippen MR) is 114 cm³/mol. The van der Waals surface area contributed by atoms with Gasteiger partial charge in [-0.15, -0.1) is 0 Å². The van der Waals surface area contributed by atoms with Crippen LogP contribution in [-0.2, 0) is 11.2 Å². The Balaban J connectivity index is 1.94. The first-order valence-corrected chi connectivity index (χ1v) is 10.5. The van der Waals surface area contributed by atoms with E-state index in [9.17, 15) is 4.79 Å². The molecule has 0 radical (unpaired) electrons. The molecular weight excluding hydrogens is 360 g/mol. The van der Waals surface area contributed by atoms with Crippen LogP contribution in [0.4, 0.5) is 0 Å². The van der Waals surface area contributed by atoms with E-state index in [1.54, 1.807) is 0 Å². The van der Waals surface area contributed by atoms with Crippen molar-refractivity contribution in [2.45, 2.75) is 64.7 Å². The lowest BCUT2D eigenvalue weighted by atomic mass is 10.1. The van der Waals surface area contributed by atoms with E-state index in [0.717, 1.165) is 42.3 Å². The minimum atomic E-state index is -0.160. The predicted octanol–water partition coefficient (Wildman–Crippen LogP) is 5.97. The van der Waals surface area contributed by atoms with Crippen LogP contribution in [0.5, 0.6) is 5.75 Å². The van der Waals surface area contributed by atoms with E-state index in [4.69, 9.17) is 16.3 Å². The topological polar surface area (TPSA) is 45.3 Å². The number of fused-ring (bicyclic) bond motifs is 1. The summed E-state index contributed by atoms with van der Waals surface area (Å²) in [5.74, 6) is 0.448. The lowest BCUT2D eigenvalue weighted by molar-refractivity contribution is -0.134. The van der Waals surface area contributed by atoms with Gasteiger partial charge in [-0.05, 0) is 39.1 Å². The average Bonchev–Trinajstić information content (AvgIpc) is 2.95. The molecule has 0 amide bonds. The Bertz CT molecular complexity index is 724. The number of nitrogens with zero attached hydrogens (tertiary/aromatic N) is 1. The summed E-state index contributed by atoms with van der Waals surface area (Å²) < 4.78 is 5.70. The van der Waals surface area contributed by atoms with E-state index < -0.39 is 0 Å². The molecule has 0 aliphatic rings. The molecule has 2 rings (SSSR count). The summed E-state index contributed by atoms with van der Waals surface area (Å²) >= 11 is 6.40. The Morgan fingerprint density at radius 2 is 1.81 bits per heavy atom. The molecule has 1 heterocycles. The van der Waals surface area contributed by atoms with Gasteiger partial charge in [-0.25, -0.2) is 0 Å². The normalized spacial score (nSPS) is 11.4. The maximum absolute atomic E-state index is 12.3. The van der Waals surface area contributed by atoms with Gasteiger partial charge < -0.3 is 14.6 Å². The van der Waals surface area contributed by atoms with Crippen LogP contribution in [0.1, 0.15) is 63.9 Å². The highest BCUT2D eigenvalue weighted by Gasteiger charge is 2.16. The second-order valence-corrected chi connectivity index (χ2v) is 7.87. The fraction of sp³-hybridized carbons (Fsp3) is 0.591. The SMILES string of the molecule is CCCCCCCCCC(=O)Oc1cccc2[nH]c(Cl)c(CCN(C)C)c12. The molecular formula is C22H33ClN2O2. The van der Waals surface area contributed by atoms with Crippen LogP contribution in [0.2, 0.25) is 5.15 Å². The van der Waals surface area contributed by atoms with Gasteiger partial charge in [-0.3, -0.25) is 4.79 Å². The van der Waals surface area contributed by atoms with Crippen LogP contribution < -0.4 is 4.74 Å². The molecule has 150 valence electrons. The van der Waals surface area contributed by atoms with Gasteiger partial charge in [-0.2, -0.15) is 0 Å². The summed E-state index contributed by atoms with van der Waals surface area (Å²) in [5.41, 5.74) is 1.93. The number of hydrogen-bond donors (Lipinski definition) is 1. The van der Waals surface area contributed by atoms with E-state index in [-0.39, 0.29) is 5.97 Å². The smallest absolute Gasteiger partial charge is 0.311 e. The number of carbonyl (C=O) groups is 1. The number of rotatable bonds is 12. The molecule has 0 saturated heterocycles. The van der Waals surface area contributed by atoms with Gasteiger partial charge in [0.2, 0.25) is 0 Å². The average molecular weight is 393 g/mol. The van der Waals surface area contributed by atoms with Crippen LogP contribution in [0, 0.1) is 0 Å². The molecule has 5 heteroatoms. The summed E-state index contributed by atoms with van der Waals surface area (Å²) in [6.45, 7) is 3.10. The molecule has 27 heavy (non-hydrogen) atoms. The Morgan fingerprint density at radius 3 is 2.52 bits per heavy atom. The third kappa shape index (κ3) is 6.86. The fourth-order valence-electron chi connectivity index (χ4n) is 3.31. The second-order valence-electron chi connectivity index (χ2n) is 7.49. The first-order valence-electron chi connectivity index (χ1n) is 10.2. The van der Waals surface area contributed by atoms with Crippen LogP contribution in [-0.4, -0.2) is 36.5 Å². The zero-order valence-corrected chi connectivity index (χ0v) is 17.7. The number of benzene rings is 1. The second kappa shape index (κ2) is 11.4. The van der Waals surface area contributed by atoms with E-state index in [2.05, 4.69) is 16.8 Å². The minimum Gasteiger partial charge on any atom is -0.426 e. The number of ether oxygens (including phenoxy) is 1. The van der Waals surface area contributed by atoms with Crippen LogP contribution in [0.3, 0.4) is 0 Å². The third-order valence-electron chi connectivity index (χ3n) is 4.85. The molecule has 4 nitrogen and oxygen atoms in total. The van der Waals surface area contributed by atoms with E-state index >= 15 is 0 Å². The quantitative estimate of drug-likeness (QED) is 0.275. The Hall–Kier alpha value is -1.52. The van der Waals surface area contributed by atoms with Crippen molar-refractivity contribution in [1.29, 1.82) is 0 Å². The monoisotopic (exact) mass is 392 g/mol. The van der Waals surface area contributed by atoms with Gasteiger partial charge in [0.25, 0.3) is 0 Å². The van der Waals surface area contributed by atoms with Crippen LogP contribution in [0.25, 0.3) is 10.9 Å². The van der Waals surface area contributed by atoms with Gasteiger partial charge >= 0.3 is 5.97 Å². The zero-order valence-electron chi connectivity index (χ0n) is 16.9. The van der Waals surface area contributed by atoms with Crippen molar-refractivity contribution in [2.24, 2.45) is 0 Å². The molecule has 0 fully saturated rings. The van der Waals surface area contributed by atoms with Crippen molar-refractivity contribution in [3.63, 3.8) is 0 Å². The van der Waals surface area contributed by atoms with E-state index in [1.807, 2.05) is 32.3 Å². The molecule has 0 saturated carbocycles. The molecule has 0 spiro atoms. The van der Waals surface area contributed by atoms with Crippen molar-refractivity contribution in [1.82, 2.24) is 9.88 Å².